The molecule has 0 fully saturated rings. The Kier molecular flexibility index (Phi) is 4.63. The van der Waals surface area contributed by atoms with Gasteiger partial charge in [-0.05, 0) is 49.1 Å². The summed E-state index contributed by atoms with van der Waals surface area (Å²) < 4.78 is 0. The van der Waals surface area contributed by atoms with Crippen molar-refractivity contribution in [2.45, 2.75) is 57.4 Å². The van der Waals surface area contributed by atoms with Crippen LogP contribution in [0, 0.1) is 0 Å². The third kappa shape index (κ3) is 3.18. The molecule has 3 N–H and O–H groups in total. The van der Waals surface area contributed by atoms with Crippen molar-refractivity contribution in [3.8, 4) is 0 Å². The highest BCUT2D eigenvalue weighted by atomic mass is 32.1. The number of aryl methyl sites for hydroxylation is 1. The summed E-state index contributed by atoms with van der Waals surface area (Å²) in [5.74, 6) is 0.184. The zero-order valence-electron chi connectivity index (χ0n) is 11.9. The molecule has 0 radical (unpaired) electrons. The monoisotopic (exact) mass is 280 g/mol. The smallest absolute Gasteiger partial charge is 0.227 e. The Labute approximate surface area is 119 Å². The van der Waals surface area contributed by atoms with Crippen LogP contribution in [-0.4, -0.2) is 18.0 Å². The van der Waals surface area contributed by atoms with E-state index in [2.05, 4.69) is 30.6 Å². The maximum Gasteiger partial charge on any atom is 0.227 e. The Balaban J connectivity index is 1.99. The van der Waals surface area contributed by atoms with Gasteiger partial charge < -0.3 is 11.1 Å². The van der Waals surface area contributed by atoms with Gasteiger partial charge in [-0.2, -0.15) is 0 Å². The molecular formula is C15H24N2OS. The van der Waals surface area contributed by atoms with Crippen molar-refractivity contribution in [1.29, 1.82) is 0 Å². The molecule has 4 heteroatoms. The van der Waals surface area contributed by atoms with Crippen LogP contribution in [0.25, 0.3) is 0 Å². The number of rotatable bonds is 5. The van der Waals surface area contributed by atoms with Gasteiger partial charge in [-0.1, -0.05) is 13.8 Å². The highest BCUT2D eigenvalue weighted by Crippen LogP contribution is 2.35. The minimum atomic E-state index is -0.262. The van der Waals surface area contributed by atoms with E-state index in [0.29, 0.717) is 6.54 Å². The summed E-state index contributed by atoms with van der Waals surface area (Å²) in [6.07, 6.45) is 4.98. The molecule has 1 aromatic rings. The molecule has 1 atom stereocenters. The van der Waals surface area contributed by atoms with Crippen molar-refractivity contribution >= 4 is 17.2 Å². The first-order valence-electron chi connectivity index (χ1n) is 7.22. The van der Waals surface area contributed by atoms with Crippen LogP contribution < -0.4 is 11.1 Å². The Bertz CT molecular complexity index is 437. The van der Waals surface area contributed by atoms with Gasteiger partial charge in [-0.3, -0.25) is 4.79 Å². The average molecular weight is 280 g/mol. The highest BCUT2D eigenvalue weighted by Gasteiger charge is 2.29. The van der Waals surface area contributed by atoms with Crippen molar-refractivity contribution in [3.05, 3.63) is 21.9 Å². The summed E-state index contributed by atoms with van der Waals surface area (Å²) >= 11 is 1.77. The molecule has 1 unspecified atom stereocenters. The largest absolute Gasteiger partial charge is 0.354 e. The molecule has 0 saturated carbocycles. The summed E-state index contributed by atoms with van der Waals surface area (Å²) in [4.78, 5) is 13.8. The second-order valence-corrected chi connectivity index (χ2v) is 6.53. The van der Waals surface area contributed by atoms with E-state index >= 15 is 0 Å². The summed E-state index contributed by atoms with van der Waals surface area (Å²) in [5.41, 5.74) is 7.21. The Morgan fingerprint density at radius 1 is 1.53 bits per heavy atom. The van der Waals surface area contributed by atoms with Crippen LogP contribution in [0.2, 0.25) is 0 Å². The van der Waals surface area contributed by atoms with Crippen LogP contribution in [-0.2, 0) is 11.2 Å². The zero-order valence-corrected chi connectivity index (χ0v) is 12.7. The molecule has 1 aliphatic rings. The number of amides is 1. The second kappa shape index (κ2) is 6.06. The predicted octanol–water partition coefficient (Wildman–Crippen LogP) is 2.80. The van der Waals surface area contributed by atoms with Crippen LogP contribution in [0.15, 0.2) is 11.4 Å². The lowest BCUT2D eigenvalue weighted by molar-refractivity contribution is -0.123. The normalized spacial score (nSPS) is 19.0. The van der Waals surface area contributed by atoms with Gasteiger partial charge in [-0.25, -0.2) is 0 Å². The molecule has 0 saturated heterocycles. The zero-order chi connectivity index (χ0) is 13.9. The van der Waals surface area contributed by atoms with E-state index < -0.39 is 0 Å². The molecule has 0 aliphatic heterocycles. The van der Waals surface area contributed by atoms with Gasteiger partial charge >= 0.3 is 0 Å². The van der Waals surface area contributed by atoms with Crippen molar-refractivity contribution in [1.82, 2.24) is 5.32 Å². The van der Waals surface area contributed by atoms with Gasteiger partial charge in [0.1, 0.15) is 0 Å². The molecular weight excluding hydrogens is 256 g/mol. The van der Waals surface area contributed by atoms with Gasteiger partial charge in [0.25, 0.3) is 0 Å². The molecule has 106 valence electrons. The molecule has 19 heavy (non-hydrogen) atoms. The number of carbonyl (C=O) groups is 1. The maximum absolute atomic E-state index is 12.4. The fourth-order valence-electron chi connectivity index (χ4n) is 2.65. The summed E-state index contributed by atoms with van der Waals surface area (Å²) in [6.45, 7) is 4.73. The molecule has 0 spiro atoms. The topological polar surface area (TPSA) is 55.1 Å². The molecule has 1 amide bonds. The van der Waals surface area contributed by atoms with Crippen LogP contribution in [0.5, 0.6) is 0 Å². The van der Waals surface area contributed by atoms with E-state index in [1.807, 2.05) is 0 Å². The lowest BCUT2D eigenvalue weighted by Crippen LogP contribution is -2.50. The molecule has 1 aliphatic carbocycles. The van der Waals surface area contributed by atoms with Crippen molar-refractivity contribution in [2.75, 3.05) is 6.54 Å². The lowest BCUT2D eigenvalue weighted by Gasteiger charge is -2.29. The van der Waals surface area contributed by atoms with Gasteiger partial charge in [0.05, 0.1) is 5.92 Å². The Morgan fingerprint density at radius 2 is 2.26 bits per heavy atom. The summed E-state index contributed by atoms with van der Waals surface area (Å²) in [6, 6.07) is 2.11. The summed E-state index contributed by atoms with van der Waals surface area (Å²) in [7, 11) is 0. The van der Waals surface area contributed by atoms with E-state index in [-0.39, 0.29) is 17.4 Å². The molecule has 0 bridgehead atoms. The average Bonchev–Trinajstić information content (AvgIpc) is 2.92. The molecule has 0 aromatic carbocycles. The maximum atomic E-state index is 12.4. The molecule has 3 nitrogen and oxygen atoms in total. The number of nitrogens with one attached hydrogen (secondary N) is 1. The Morgan fingerprint density at radius 3 is 2.95 bits per heavy atom. The summed E-state index contributed by atoms with van der Waals surface area (Å²) in [5, 5.41) is 5.16. The van der Waals surface area contributed by atoms with Gasteiger partial charge in [-0.15, -0.1) is 11.3 Å². The number of nitrogens with two attached hydrogens (primary N) is 1. The molecule has 1 heterocycles. The first-order chi connectivity index (χ1) is 9.09. The minimum Gasteiger partial charge on any atom is -0.354 e. The van der Waals surface area contributed by atoms with Crippen molar-refractivity contribution in [3.63, 3.8) is 0 Å². The third-order valence-corrected chi connectivity index (χ3v) is 5.39. The van der Waals surface area contributed by atoms with E-state index in [9.17, 15) is 4.79 Å². The van der Waals surface area contributed by atoms with Gasteiger partial charge in [0, 0.05) is 17.0 Å². The van der Waals surface area contributed by atoms with Crippen LogP contribution in [0.1, 0.15) is 55.9 Å². The lowest BCUT2D eigenvalue weighted by atomic mass is 9.86. The quantitative estimate of drug-likeness (QED) is 0.871. The van der Waals surface area contributed by atoms with Crippen LogP contribution in [0.3, 0.4) is 0 Å². The van der Waals surface area contributed by atoms with E-state index in [0.717, 1.165) is 32.1 Å². The van der Waals surface area contributed by atoms with E-state index in [1.54, 1.807) is 11.3 Å². The van der Waals surface area contributed by atoms with Gasteiger partial charge in [0.15, 0.2) is 0 Å². The first kappa shape index (κ1) is 14.5. The standard InChI is InChI=1S/C15H24N2OS/c1-3-15(16,4-2)10-17-14(18)12-6-5-7-13-11(12)8-9-19-13/h8-9,12H,3-7,10,16H2,1-2H3,(H,17,18). The number of carbonyl (C=O) groups excluding carboxylic acids is 1. The first-order valence-corrected chi connectivity index (χ1v) is 8.10. The molecule has 1 aromatic heterocycles. The highest BCUT2D eigenvalue weighted by molar-refractivity contribution is 7.10. The van der Waals surface area contributed by atoms with Crippen molar-refractivity contribution in [2.24, 2.45) is 5.73 Å². The number of hydrogen-bond acceptors (Lipinski definition) is 3. The SMILES string of the molecule is CCC(N)(CC)CNC(=O)C1CCCc2sccc21. The fourth-order valence-corrected chi connectivity index (χ4v) is 3.63. The third-order valence-electron chi connectivity index (χ3n) is 4.39. The number of thiophene rings is 1. The fraction of sp³-hybridized carbons (Fsp3) is 0.667. The number of hydrogen-bond donors (Lipinski definition) is 2. The second-order valence-electron chi connectivity index (χ2n) is 5.53. The van der Waals surface area contributed by atoms with E-state index in [1.165, 1.54) is 10.4 Å². The Hall–Kier alpha value is -0.870. The minimum absolute atomic E-state index is 0.0352. The van der Waals surface area contributed by atoms with Gasteiger partial charge in [0.2, 0.25) is 5.91 Å². The van der Waals surface area contributed by atoms with Crippen LogP contribution in [0.4, 0.5) is 0 Å². The number of fused-ring (bicyclic) bond motifs is 1. The van der Waals surface area contributed by atoms with Crippen LogP contribution >= 0.6 is 11.3 Å². The predicted molar refractivity (Wildman–Crippen MR) is 80.5 cm³/mol. The van der Waals surface area contributed by atoms with E-state index in [4.69, 9.17) is 5.73 Å². The molecule has 2 rings (SSSR count). The van der Waals surface area contributed by atoms with Crippen molar-refractivity contribution < 1.29 is 4.79 Å².